The maximum absolute atomic E-state index is 12.4. The summed E-state index contributed by atoms with van der Waals surface area (Å²) in [5.74, 6) is 0.685. The molecule has 1 amide bonds. The van der Waals surface area contributed by atoms with E-state index >= 15 is 0 Å². The number of aryl methyl sites for hydroxylation is 1. The third kappa shape index (κ3) is 3.12. The molecule has 108 valence electrons. The topological polar surface area (TPSA) is 33.5 Å². The number of thiocarbonyl (C=S) groups is 1. The minimum Gasteiger partial charge on any atom is -0.467 e. The van der Waals surface area contributed by atoms with E-state index in [9.17, 15) is 4.79 Å². The predicted octanol–water partition coefficient (Wildman–Crippen LogP) is 4.30. The first-order chi connectivity index (χ1) is 10.2. The minimum absolute atomic E-state index is 0.0483. The summed E-state index contributed by atoms with van der Waals surface area (Å²) in [6.07, 6.45) is 4.53. The first kappa shape index (κ1) is 14.6. The lowest BCUT2D eigenvalue weighted by Gasteiger charge is -2.11. The molecule has 2 aromatic heterocycles. The van der Waals surface area contributed by atoms with E-state index in [1.807, 2.05) is 18.2 Å². The fraction of sp³-hybridized carbons (Fsp3) is 0.200. The Morgan fingerprint density at radius 2 is 2.24 bits per heavy atom. The predicted molar refractivity (Wildman–Crippen MR) is 91.1 cm³/mol. The Balaban J connectivity index is 1.79. The highest BCUT2D eigenvalue weighted by Crippen LogP contribution is 2.34. The van der Waals surface area contributed by atoms with E-state index in [1.54, 1.807) is 28.6 Å². The van der Waals surface area contributed by atoms with Crippen molar-refractivity contribution in [1.29, 1.82) is 0 Å². The van der Waals surface area contributed by atoms with Crippen molar-refractivity contribution in [3.05, 3.63) is 50.9 Å². The van der Waals surface area contributed by atoms with E-state index in [4.69, 9.17) is 16.6 Å². The van der Waals surface area contributed by atoms with Crippen LogP contribution in [-0.2, 0) is 17.8 Å². The molecule has 0 spiro atoms. The number of carbonyl (C=O) groups is 1. The average Bonchev–Trinajstić information content (AvgIpc) is 3.18. The second-order valence-electron chi connectivity index (χ2n) is 4.50. The molecule has 2 aromatic rings. The van der Waals surface area contributed by atoms with Crippen molar-refractivity contribution in [2.45, 2.75) is 19.9 Å². The molecule has 0 radical (unpaired) electrons. The molecule has 0 bridgehead atoms. The number of rotatable bonds is 4. The van der Waals surface area contributed by atoms with Crippen LogP contribution >= 0.6 is 35.3 Å². The largest absolute Gasteiger partial charge is 0.467 e. The Morgan fingerprint density at radius 1 is 1.38 bits per heavy atom. The van der Waals surface area contributed by atoms with Crippen molar-refractivity contribution in [3.8, 4) is 0 Å². The first-order valence-corrected chi connectivity index (χ1v) is 8.58. The van der Waals surface area contributed by atoms with Crippen LogP contribution in [0.4, 0.5) is 0 Å². The maximum atomic E-state index is 12.4. The van der Waals surface area contributed by atoms with E-state index in [0.29, 0.717) is 15.8 Å². The van der Waals surface area contributed by atoms with Gasteiger partial charge in [0.15, 0.2) is 0 Å². The van der Waals surface area contributed by atoms with Gasteiger partial charge in [-0.25, -0.2) is 0 Å². The van der Waals surface area contributed by atoms with Crippen LogP contribution in [0.25, 0.3) is 6.08 Å². The van der Waals surface area contributed by atoms with Gasteiger partial charge < -0.3 is 4.42 Å². The number of thiophene rings is 1. The van der Waals surface area contributed by atoms with E-state index in [1.165, 1.54) is 16.6 Å². The smallest absolute Gasteiger partial charge is 0.266 e. The van der Waals surface area contributed by atoms with Crippen molar-refractivity contribution in [3.63, 3.8) is 0 Å². The Labute approximate surface area is 136 Å². The number of hydrogen-bond donors (Lipinski definition) is 0. The Bertz CT molecular complexity index is 700. The second kappa shape index (κ2) is 6.17. The zero-order valence-corrected chi connectivity index (χ0v) is 13.8. The number of thioether (sulfide) groups is 1. The molecule has 0 saturated carbocycles. The minimum atomic E-state index is -0.0483. The fourth-order valence-corrected chi connectivity index (χ4v) is 4.20. The molecule has 0 atom stereocenters. The van der Waals surface area contributed by atoms with Crippen LogP contribution in [0.15, 0.2) is 39.9 Å². The van der Waals surface area contributed by atoms with Gasteiger partial charge in [-0.3, -0.25) is 9.69 Å². The monoisotopic (exact) mass is 335 g/mol. The second-order valence-corrected chi connectivity index (χ2v) is 7.38. The maximum Gasteiger partial charge on any atom is 0.266 e. The lowest BCUT2D eigenvalue weighted by molar-refractivity contribution is -0.122. The molecular formula is C15H13NO2S3. The summed E-state index contributed by atoms with van der Waals surface area (Å²) in [7, 11) is 0. The van der Waals surface area contributed by atoms with Crippen LogP contribution in [0.2, 0.25) is 0 Å². The molecule has 1 aliphatic heterocycles. The zero-order valence-electron chi connectivity index (χ0n) is 11.4. The third-order valence-electron chi connectivity index (χ3n) is 3.07. The summed E-state index contributed by atoms with van der Waals surface area (Å²) >= 11 is 8.36. The van der Waals surface area contributed by atoms with Gasteiger partial charge in [0.1, 0.15) is 10.1 Å². The molecule has 3 nitrogen and oxygen atoms in total. The van der Waals surface area contributed by atoms with Crippen LogP contribution in [0.3, 0.4) is 0 Å². The van der Waals surface area contributed by atoms with Crippen LogP contribution in [-0.4, -0.2) is 15.1 Å². The van der Waals surface area contributed by atoms with Crippen molar-refractivity contribution < 1.29 is 9.21 Å². The highest BCUT2D eigenvalue weighted by Gasteiger charge is 2.32. The summed E-state index contributed by atoms with van der Waals surface area (Å²) in [6.45, 7) is 2.51. The molecule has 1 fully saturated rings. The molecule has 0 aliphatic carbocycles. The quantitative estimate of drug-likeness (QED) is 0.616. The van der Waals surface area contributed by atoms with E-state index in [0.717, 1.165) is 17.1 Å². The van der Waals surface area contributed by atoms with Gasteiger partial charge in [-0.1, -0.05) is 30.9 Å². The van der Waals surface area contributed by atoms with Gasteiger partial charge in [-0.2, -0.15) is 0 Å². The normalized spacial score (nSPS) is 17.2. The lowest BCUT2D eigenvalue weighted by atomic mass is 10.3. The highest BCUT2D eigenvalue weighted by molar-refractivity contribution is 8.26. The van der Waals surface area contributed by atoms with Gasteiger partial charge in [-0.15, -0.1) is 11.3 Å². The van der Waals surface area contributed by atoms with Gasteiger partial charge in [0, 0.05) is 9.75 Å². The van der Waals surface area contributed by atoms with Crippen LogP contribution in [0, 0.1) is 0 Å². The van der Waals surface area contributed by atoms with Crippen LogP contribution in [0.5, 0.6) is 0 Å². The summed E-state index contributed by atoms with van der Waals surface area (Å²) in [5.41, 5.74) is 0. The van der Waals surface area contributed by atoms with Crippen LogP contribution < -0.4 is 0 Å². The molecule has 21 heavy (non-hydrogen) atoms. The molecule has 3 heterocycles. The van der Waals surface area contributed by atoms with Gasteiger partial charge in [0.25, 0.3) is 5.91 Å². The molecule has 1 aliphatic rings. The van der Waals surface area contributed by atoms with E-state index in [2.05, 4.69) is 13.0 Å². The Morgan fingerprint density at radius 3 is 2.90 bits per heavy atom. The molecule has 3 rings (SSSR count). The Kier molecular flexibility index (Phi) is 4.28. The summed E-state index contributed by atoms with van der Waals surface area (Å²) < 4.78 is 5.86. The first-order valence-electron chi connectivity index (χ1n) is 6.54. The van der Waals surface area contributed by atoms with Crippen molar-refractivity contribution in [2.24, 2.45) is 0 Å². The average molecular weight is 335 g/mol. The number of nitrogens with zero attached hydrogens (tertiary/aromatic N) is 1. The van der Waals surface area contributed by atoms with Gasteiger partial charge >= 0.3 is 0 Å². The van der Waals surface area contributed by atoms with Crippen molar-refractivity contribution in [1.82, 2.24) is 4.90 Å². The molecule has 0 unspecified atom stereocenters. The SMILES string of the molecule is CCc1ccc(/C=C2/SC(=S)N(Cc3ccco3)C2=O)s1. The van der Waals surface area contributed by atoms with Crippen molar-refractivity contribution in [2.75, 3.05) is 0 Å². The zero-order chi connectivity index (χ0) is 14.8. The van der Waals surface area contributed by atoms with Crippen molar-refractivity contribution >= 4 is 51.6 Å². The van der Waals surface area contributed by atoms with Gasteiger partial charge in [0.2, 0.25) is 0 Å². The molecule has 0 N–H and O–H groups in total. The number of carbonyl (C=O) groups excluding carboxylic acids is 1. The number of hydrogen-bond acceptors (Lipinski definition) is 5. The molecule has 0 aromatic carbocycles. The van der Waals surface area contributed by atoms with Crippen LogP contribution in [0.1, 0.15) is 22.4 Å². The number of amides is 1. The lowest BCUT2D eigenvalue weighted by Crippen LogP contribution is -2.27. The summed E-state index contributed by atoms with van der Waals surface area (Å²) in [6, 6.07) is 7.79. The molecule has 6 heteroatoms. The van der Waals surface area contributed by atoms with Gasteiger partial charge in [-0.05, 0) is 36.8 Å². The fourth-order valence-electron chi connectivity index (χ4n) is 1.99. The summed E-state index contributed by atoms with van der Waals surface area (Å²) in [5, 5.41) is 0. The highest BCUT2D eigenvalue weighted by atomic mass is 32.2. The molecule has 1 saturated heterocycles. The Hall–Kier alpha value is -1.37. The summed E-state index contributed by atoms with van der Waals surface area (Å²) in [4.78, 5) is 17.1. The van der Waals surface area contributed by atoms with E-state index < -0.39 is 0 Å². The third-order valence-corrected chi connectivity index (χ3v) is 5.63. The van der Waals surface area contributed by atoms with E-state index in [-0.39, 0.29) is 5.91 Å². The van der Waals surface area contributed by atoms with Gasteiger partial charge in [0.05, 0.1) is 17.7 Å². The molecular weight excluding hydrogens is 322 g/mol. The standard InChI is InChI=1S/C15H13NO2S3/c1-2-11-5-6-12(20-11)8-13-14(17)16(15(19)21-13)9-10-4-3-7-18-10/h3-8H,2,9H2,1H3/b13-8+. The number of furan rings is 1.